The van der Waals surface area contributed by atoms with Crippen molar-refractivity contribution in [3.63, 3.8) is 0 Å². The monoisotopic (exact) mass is 439 g/mol. The summed E-state index contributed by atoms with van der Waals surface area (Å²) in [6, 6.07) is 3.82. The highest BCUT2D eigenvalue weighted by Gasteiger charge is 2.41. The van der Waals surface area contributed by atoms with E-state index in [0.717, 1.165) is 17.0 Å². The van der Waals surface area contributed by atoms with Crippen LogP contribution in [0.3, 0.4) is 0 Å². The van der Waals surface area contributed by atoms with Crippen LogP contribution >= 0.6 is 0 Å². The van der Waals surface area contributed by atoms with Crippen LogP contribution in [0, 0.1) is 5.82 Å². The number of anilines is 1. The van der Waals surface area contributed by atoms with E-state index in [1.54, 1.807) is 6.92 Å². The summed E-state index contributed by atoms with van der Waals surface area (Å²) in [5.41, 5.74) is -2.68. The molecule has 1 fully saturated rings. The van der Waals surface area contributed by atoms with Gasteiger partial charge in [0, 0.05) is 19.6 Å². The van der Waals surface area contributed by atoms with Crippen molar-refractivity contribution in [3.8, 4) is 0 Å². The molecule has 1 aliphatic heterocycles. The fraction of sp³-hybridized carbons (Fsp3) is 0.316. The van der Waals surface area contributed by atoms with Gasteiger partial charge in [-0.15, -0.1) is 10.2 Å². The Bertz CT molecular complexity index is 1010. The predicted molar refractivity (Wildman–Crippen MR) is 99.8 cm³/mol. The Balaban J connectivity index is 1.88. The summed E-state index contributed by atoms with van der Waals surface area (Å²) >= 11 is 0. The van der Waals surface area contributed by atoms with E-state index in [2.05, 4.69) is 15.5 Å². The zero-order chi connectivity index (χ0) is 22.8. The normalized spacial score (nSPS) is 14.5. The van der Waals surface area contributed by atoms with E-state index in [-0.39, 0.29) is 31.0 Å². The number of alkyl halides is 3. The molecule has 2 heterocycles. The molecule has 1 aromatic carbocycles. The Morgan fingerprint density at radius 2 is 1.87 bits per heavy atom. The number of amides is 4. The Morgan fingerprint density at radius 3 is 2.48 bits per heavy atom. The minimum absolute atomic E-state index is 0.000118. The van der Waals surface area contributed by atoms with Gasteiger partial charge >= 0.3 is 12.2 Å². The predicted octanol–water partition coefficient (Wildman–Crippen LogP) is 2.86. The number of imide groups is 1. The van der Waals surface area contributed by atoms with Crippen molar-refractivity contribution in [2.24, 2.45) is 0 Å². The highest BCUT2D eigenvalue weighted by molar-refractivity contribution is 6.09. The number of halogens is 4. The quantitative estimate of drug-likeness (QED) is 0.740. The highest BCUT2D eigenvalue weighted by Crippen LogP contribution is 2.34. The van der Waals surface area contributed by atoms with Gasteiger partial charge in [-0.2, -0.15) is 13.2 Å². The van der Waals surface area contributed by atoms with Crippen molar-refractivity contribution < 1.29 is 31.9 Å². The van der Waals surface area contributed by atoms with Crippen molar-refractivity contribution in [1.29, 1.82) is 0 Å². The van der Waals surface area contributed by atoms with E-state index in [1.807, 2.05) is 0 Å². The zero-order valence-electron chi connectivity index (χ0n) is 16.2. The molecule has 1 N–H and O–H groups in total. The third kappa shape index (κ3) is 4.47. The van der Waals surface area contributed by atoms with Crippen molar-refractivity contribution in [1.82, 2.24) is 20.4 Å². The van der Waals surface area contributed by atoms with Gasteiger partial charge in [-0.05, 0) is 37.6 Å². The van der Waals surface area contributed by atoms with E-state index >= 15 is 0 Å². The molecule has 0 spiro atoms. The van der Waals surface area contributed by atoms with E-state index in [0.29, 0.717) is 17.5 Å². The summed E-state index contributed by atoms with van der Waals surface area (Å²) < 4.78 is 54.0. The maximum Gasteiger partial charge on any atom is 0.417 e. The lowest BCUT2D eigenvalue weighted by Crippen LogP contribution is -2.52. The zero-order valence-corrected chi connectivity index (χ0v) is 16.2. The van der Waals surface area contributed by atoms with Gasteiger partial charge in [0.15, 0.2) is 11.5 Å². The summed E-state index contributed by atoms with van der Waals surface area (Å²) in [4.78, 5) is 38.9. The first-order chi connectivity index (χ1) is 14.6. The van der Waals surface area contributed by atoms with Crippen LogP contribution < -0.4 is 10.2 Å². The largest absolute Gasteiger partial charge is 0.417 e. The third-order valence-electron chi connectivity index (χ3n) is 4.50. The van der Waals surface area contributed by atoms with E-state index in [4.69, 9.17) is 0 Å². The average molecular weight is 439 g/mol. The van der Waals surface area contributed by atoms with Gasteiger partial charge in [0.25, 0.3) is 11.8 Å². The molecule has 1 saturated heterocycles. The number of benzene rings is 1. The fourth-order valence-electron chi connectivity index (χ4n) is 3.08. The van der Waals surface area contributed by atoms with Gasteiger partial charge in [-0.3, -0.25) is 19.4 Å². The molecule has 1 aromatic heterocycles. The second-order valence-electron chi connectivity index (χ2n) is 6.54. The molecule has 0 atom stereocenters. The lowest BCUT2D eigenvalue weighted by Gasteiger charge is -2.33. The first-order valence-electron chi connectivity index (χ1n) is 9.26. The molecule has 3 rings (SSSR count). The lowest BCUT2D eigenvalue weighted by molar-refractivity contribution is -0.138. The van der Waals surface area contributed by atoms with Gasteiger partial charge < -0.3 is 5.32 Å². The number of nitrogens with one attached hydrogen (secondary N) is 1. The second kappa shape index (κ2) is 8.66. The van der Waals surface area contributed by atoms with E-state index in [1.165, 1.54) is 12.1 Å². The van der Waals surface area contributed by atoms with Crippen LogP contribution in [0.2, 0.25) is 0 Å². The third-order valence-corrected chi connectivity index (χ3v) is 4.50. The summed E-state index contributed by atoms with van der Waals surface area (Å²) in [5, 5.41) is 10.1. The van der Waals surface area contributed by atoms with Crippen LogP contribution in [0.1, 0.15) is 39.8 Å². The van der Waals surface area contributed by atoms with Crippen molar-refractivity contribution in [2.75, 3.05) is 24.5 Å². The molecule has 0 bridgehead atoms. The Kier molecular flexibility index (Phi) is 6.18. The maximum absolute atomic E-state index is 14.2. The summed E-state index contributed by atoms with van der Waals surface area (Å²) in [6.45, 7) is 2.02. The van der Waals surface area contributed by atoms with E-state index in [9.17, 15) is 31.9 Å². The van der Waals surface area contributed by atoms with Crippen LogP contribution in [0.15, 0.2) is 30.3 Å². The summed E-state index contributed by atoms with van der Waals surface area (Å²) in [6.07, 6.45) is -4.76. The number of aromatic nitrogens is 2. The number of carbonyl (C=O) groups excluding carboxylic acids is 3. The molecule has 2 aromatic rings. The first kappa shape index (κ1) is 22.1. The molecule has 8 nitrogen and oxygen atoms in total. The number of nitrogens with zero attached hydrogens (tertiary/aromatic N) is 4. The number of hydrogen-bond acceptors (Lipinski definition) is 5. The SMILES string of the molecule is CCNC(=O)c1ccc(N2CCCN(C(=O)c3c(F)cccc3C(F)(F)F)C2=O)nn1. The number of urea groups is 1. The van der Waals surface area contributed by atoms with Gasteiger partial charge in [0.1, 0.15) is 5.82 Å². The molecule has 1 aliphatic rings. The topological polar surface area (TPSA) is 95.5 Å². The minimum Gasteiger partial charge on any atom is -0.351 e. The number of rotatable bonds is 4. The fourth-order valence-corrected chi connectivity index (χ4v) is 3.08. The molecule has 12 heteroatoms. The Hall–Kier alpha value is -3.57. The molecular formula is C19H17F4N5O3. The number of hydrogen-bond donors (Lipinski definition) is 1. The molecule has 0 saturated carbocycles. The van der Waals surface area contributed by atoms with Gasteiger partial charge in [-0.1, -0.05) is 6.07 Å². The van der Waals surface area contributed by atoms with Crippen molar-refractivity contribution >= 4 is 23.7 Å². The van der Waals surface area contributed by atoms with Crippen molar-refractivity contribution in [2.45, 2.75) is 19.5 Å². The van der Waals surface area contributed by atoms with Gasteiger partial charge in [-0.25, -0.2) is 9.18 Å². The van der Waals surface area contributed by atoms with Gasteiger partial charge in [0.2, 0.25) is 0 Å². The van der Waals surface area contributed by atoms with Gasteiger partial charge in [0.05, 0.1) is 11.1 Å². The number of carbonyl (C=O) groups is 3. The van der Waals surface area contributed by atoms with Crippen molar-refractivity contribution in [3.05, 3.63) is 53.0 Å². The van der Waals surface area contributed by atoms with Crippen LogP contribution in [0.4, 0.5) is 28.2 Å². The van der Waals surface area contributed by atoms with E-state index < -0.39 is 41.0 Å². The summed E-state index contributed by atoms with van der Waals surface area (Å²) in [7, 11) is 0. The molecule has 0 radical (unpaired) electrons. The summed E-state index contributed by atoms with van der Waals surface area (Å²) in [5.74, 6) is -3.24. The molecule has 0 unspecified atom stereocenters. The second-order valence-corrected chi connectivity index (χ2v) is 6.54. The standard InChI is InChI=1S/C19H17F4N5O3/c1-2-24-16(29)13-7-8-14(26-25-13)27-9-4-10-28(18(27)31)17(30)15-11(19(21,22)23)5-3-6-12(15)20/h3,5-8H,2,4,9-10H2,1H3,(H,24,29). The highest BCUT2D eigenvalue weighted by atomic mass is 19.4. The Morgan fingerprint density at radius 1 is 1.13 bits per heavy atom. The maximum atomic E-state index is 14.2. The smallest absolute Gasteiger partial charge is 0.351 e. The minimum atomic E-state index is -4.98. The molecule has 31 heavy (non-hydrogen) atoms. The Labute approximate surface area is 173 Å². The molecule has 4 amide bonds. The molecule has 0 aliphatic carbocycles. The van der Waals surface area contributed by atoms with Crippen LogP contribution in [-0.4, -0.2) is 52.6 Å². The molecule has 164 valence electrons. The van der Waals surface area contributed by atoms with Crippen LogP contribution in [0.25, 0.3) is 0 Å². The molecular weight excluding hydrogens is 422 g/mol. The first-order valence-corrected chi connectivity index (χ1v) is 9.26. The van der Waals surface area contributed by atoms with Crippen LogP contribution in [0.5, 0.6) is 0 Å². The lowest BCUT2D eigenvalue weighted by atomic mass is 10.0. The van der Waals surface area contributed by atoms with Crippen LogP contribution in [-0.2, 0) is 6.18 Å². The average Bonchev–Trinajstić information content (AvgIpc) is 2.73.